The molecule has 17 heavy (non-hydrogen) atoms. The molecule has 2 rings (SSSR count). The maximum absolute atomic E-state index is 10.8. The first-order valence-electron chi connectivity index (χ1n) is 5.26. The minimum Gasteiger partial charge on any atom is -0.478 e. The Labute approximate surface area is 104 Å². The first-order valence-corrected chi connectivity index (χ1v) is 6.14. The van der Waals surface area contributed by atoms with Gasteiger partial charge in [-0.15, -0.1) is 11.3 Å². The summed E-state index contributed by atoms with van der Waals surface area (Å²) in [4.78, 5) is 12.0. The van der Waals surface area contributed by atoms with Crippen molar-refractivity contribution >= 4 is 17.3 Å². The zero-order valence-corrected chi connectivity index (χ0v) is 10.2. The van der Waals surface area contributed by atoms with Gasteiger partial charge < -0.3 is 10.4 Å². The van der Waals surface area contributed by atoms with Crippen molar-refractivity contribution in [2.45, 2.75) is 6.04 Å². The van der Waals surface area contributed by atoms with Gasteiger partial charge in [0, 0.05) is 4.88 Å². The summed E-state index contributed by atoms with van der Waals surface area (Å²) in [6.45, 7) is 0. The van der Waals surface area contributed by atoms with E-state index in [0.29, 0.717) is 5.56 Å². The molecule has 0 fully saturated rings. The van der Waals surface area contributed by atoms with E-state index in [4.69, 9.17) is 5.11 Å². The molecule has 0 saturated carbocycles. The molecular weight excluding hydrogens is 234 g/mol. The van der Waals surface area contributed by atoms with Crippen molar-refractivity contribution < 1.29 is 9.90 Å². The average Bonchev–Trinajstić information content (AvgIpc) is 2.84. The minimum atomic E-state index is -0.895. The van der Waals surface area contributed by atoms with Crippen molar-refractivity contribution in [3.63, 3.8) is 0 Å². The number of rotatable bonds is 4. The van der Waals surface area contributed by atoms with E-state index in [-0.39, 0.29) is 6.04 Å². The zero-order valence-electron chi connectivity index (χ0n) is 9.38. The lowest BCUT2D eigenvalue weighted by Gasteiger charge is -2.15. The molecule has 2 aromatic rings. The van der Waals surface area contributed by atoms with Gasteiger partial charge in [0.2, 0.25) is 0 Å². The van der Waals surface area contributed by atoms with Crippen molar-refractivity contribution in [3.8, 4) is 0 Å². The molecule has 0 bridgehead atoms. The topological polar surface area (TPSA) is 49.3 Å². The van der Waals surface area contributed by atoms with Gasteiger partial charge in [0.15, 0.2) is 0 Å². The third-order valence-electron chi connectivity index (χ3n) is 2.61. The number of carbonyl (C=O) groups is 1. The van der Waals surface area contributed by atoms with Crippen LogP contribution in [0.15, 0.2) is 41.8 Å². The second-order valence-corrected chi connectivity index (χ2v) is 4.64. The Morgan fingerprint density at radius 1 is 1.29 bits per heavy atom. The molecule has 1 aromatic heterocycles. The summed E-state index contributed by atoms with van der Waals surface area (Å²) in [6, 6.07) is 11.2. The lowest BCUT2D eigenvalue weighted by Crippen LogP contribution is -2.16. The van der Waals surface area contributed by atoms with Gasteiger partial charge in [-0.25, -0.2) is 4.79 Å². The first kappa shape index (κ1) is 11.8. The third-order valence-corrected chi connectivity index (χ3v) is 3.54. The van der Waals surface area contributed by atoms with Crippen LogP contribution in [0, 0.1) is 0 Å². The van der Waals surface area contributed by atoms with E-state index in [2.05, 4.69) is 11.4 Å². The lowest BCUT2D eigenvalue weighted by molar-refractivity contribution is 0.0697. The summed E-state index contributed by atoms with van der Waals surface area (Å²) in [5.41, 5.74) is 1.38. The highest BCUT2D eigenvalue weighted by Gasteiger charge is 2.13. The van der Waals surface area contributed by atoms with Crippen LogP contribution in [0.2, 0.25) is 0 Å². The predicted molar refractivity (Wildman–Crippen MR) is 68.6 cm³/mol. The molecule has 0 aliphatic rings. The summed E-state index contributed by atoms with van der Waals surface area (Å²) < 4.78 is 0. The summed E-state index contributed by atoms with van der Waals surface area (Å²) in [5, 5.41) is 14.1. The SMILES string of the molecule is CNC(c1ccc(C(=O)O)cc1)c1cccs1. The van der Waals surface area contributed by atoms with Crippen molar-refractivity contribution in [3.05, 3.63) is 57.8 Å². The number of hydrogen-bond donors (Lipinski definition) is 2. The van der Waals surface area contributed by atoms with E-state index in [0.717, 1.165) is 5.56 Å². The lowest BCUT2D eigenvalue weighted by atomic mass is 10.0. The molecule has 1 atom stereocenters. The van der Waals surface area contributed by atoms with E-state index in [9.17, 15) is 4.79 Å². The van der Waals surface area contributed by atoms with E-state index in [1.165, 1.54) is 4.88 Å². The Morgan fingerprint density at radius 2 is 2.00 bits per heavy atom. The van der Waals surface area contributed by atoms with Gasteiger partial charge in [0.05, 0.1) is 11.6 Å². The molecule has 1 heterocycles. The highest BCUT2D eigenvalue weighted by molar-refractivity contribution is 7.10. The van der Waals surface area contributed by atoms with Gasteiger partial charge in [-0.1, -0.05) is 18.2 Å². The van der Waals surface area contributed by atoms with Crippen molar-refractivity contribution in [2.24, 2.45) is 0 Å². The quantitative estimate of drug-likeness (QED) is 0.873. The van der Waals surface area contributed by atoms with Crippen LogP contribution in [0.1, 0.15) is 26.8 Å². The Balaban J connectivity index is 2.29. The smallest absolute Gasteiger partial charge is 0.335 e. The molecule has 1 aromatic carbocycles. The molecule has 0 spiro atoms. The molecule has 4 heteroatoms. The standard InChI is InChI=1S/C13H13NO2S/c1-14-12(11-3-2-8-17-11)9-4-6-10(7-5-9)13(15)16/h2-8,12,14H,1H3,(H,15,16). The molecule has 0 radical (unpaired) electrons. The van der Waals surface area contributed by atoms with Crippen LogP contribution in [0.25, 0.3) is 0 Å². The van der Waals surface area contributed by atoms with E-state index in [1.54, 1.807) is 23.5 Å². The molecule has 88 valence electrons. The van der Waals surface area contributed by atoms with Crippen molar-refractivity contribution in [1.82, 2.24) is 5.32 Å². The Kier molecular flexibility index (Phi) is 3.56. The summed E-state index contributed by atoms with van der Waals surface area (Å²) in [6.07, 6.45) is 0. The Morgan fingerprint density at radius 3 is 2.47 bits per heavy atom. The fourth-order valence-electron chi connectivity index (χ4n) is 1.75. The van der Waals surface area contributed by atoms with Crippen LogP contribution in [0.3, 0.4) is 0 Å². The number of hydrogen-bond acceptors (Lipinski definition) is 3. The number of carboxylic acids is 1. The highest BCUT2D eigenvalue weighted by Crippen LogP contribution is 2.25. The van der Waals surface area contributed by atoms with Gasteiger partial charge in [-0.05, 0) is 36.2 Å². The summed E-state index contributed by atoms with van der Waals surface area (Å²) in [7, 11) is 1.90. The fourth-order valence-corrected chi connectivity index (χ4v) is 2.61. The normalized spacial score (nSPS) is 12.3. The van der Waals surface area contributed by atoms with Crippen molar-refractivity contribution in [2.75, 3.05) is 7.05 Å². The highest BCUT2D eigenvalue weighted by atomic mass is 32.1. The summed E-state index contributed by atoms with van der Waals surface area (Å²) >= 11 is 1.68. The molecule has 2 N–H and O–H groups in total. The molecule has 0 amide bonds. The Bertz CT molecular complexity index is 491. The number of nitrogens with one attached hydrogen (secondary N) is 1. The second-order valence-electron chi connectivity index (χ2n) is 3.66. The minimum absolute atomic E-state index is 0.123. The maximum Gasteiger partial charge on any atom is 0.335 e. The largest absolute Gasteiger partial charge is 0.478 e. The maximum atomic E-state index is 10.8. The monoisotopic (exact) mass is 247 g/mol. The molecule has 1 unspecified atom stereocenters. The van der Waals surface area contributed by atoms with Crippen LogP contribution in [0.5, 0.6) is 0 Å². The number of aromatic carboxylic acids is 1. The van der Waals surface area contributed by atoms with Gasteiger partial charge in [0.1, 0.15) is 0 Å². The molecule has 0 aliphatic carbocycles. The number of thiophene rings is 1. The molecule has 0 saturated heterocycles. The number of carboxylic acid groups (broad SMARTS) is 1. The number of benzene rings is 1. The average molecular weight is 247 g/mol. The van der Waals surface area contributed by atoms with E-state index in [1.807, 2.05) is 30.6 Å². The first-order chi connectivity index (χ1) is 8.22. The van der Waals surface area contributed by atoms with Crippen LogP contribution in [-0.2, 0) is 0 Å². The van der Waals surface area contributed by atoms with Crippen LogP contribution < -0.4 is 5.32 Å². The zero-order chi connectivity index (χ0) is 12.3. The van der Waals surface area contributed by atoms with Gasteiger partial charge in [-0.2, -0.15) is 0 Å². The Hall–Kier alpha value is -1.65. The van der Waals surface area contributed by atoms with E-state index >= 15 is 0 Å². The molecular formula is C13H13NO2S. The van der Waals surface area contributed by atoms with Crippen LogP contribution >= 0.6 is 11.3 Å². The third kappa shape index (κ3) is 2.54. The van der Waals surface area contributed by atoms with Gasteiger partial charge in [0.25, 0.3) is 0 Å². The fraction of sp³-hybridized carbons (Fsp3) is 0.154. The van der Waals surface area contributed by atoms with Crippen molar-refractivity contribution in [1.29, 1.82) is 0 Å². The molecule has 0 aliphatic heterocycles. The molecule has 3 nitrogen and oxygen atoms in total. The summed E-state index contributed by atoms with van der Waals surface area (Å²) in [5.74, 6) is -0.895. The second kappa shape index (κ2) is 5.12. The van der Waals surface area contributed by atoms with Gasteiger partial charge in [-0.3, -0.25) is 0 Å². The van der Waals surface area contributed by atoms with Crippen LogP contribution in [0.4, 0.5) is 0 Å². The van der Waals surface area contributed by atoms with Gasteiger partial charge >= 0.3 is 5.97 Å². The van der Waals surface area contributed by atoms with Crippen LogP contribution in [-0.4, -0.2) is 18.1 Å². The van der Waals surface area contributed by atoms with E-state index < -0.39 is 5.97 Å². The predicted octanol–water partition coefficient (Wildman–Crippen LogP) is 2.76.